The third-order valence-corrected chi connectivity index (χ3v) is 2.66. The number of hydrogen-bond donors (Lipinski definition) is 1. The first-order valence-corrected chi connectivity index (χ1v) is 6.56. The number of rotatable bonds is 9. The molecule has 18 heavy (non-hydrogen) atoms. The molecule has 1 heterocycles. The van der Waals surface area contributed by atoms with Crippen molar-refractivity contribution in [2.45, 2.75) is 26.7 Å². The summed E-state index contributed by atoms with van der Waals surface area (Å²) < 4.78 is 5.28. The Morgan fingerprint density at radius 1 is 1.28 bits per heavy atom. The Bertz CT molecular complexity index is 334. The molecule has 1 N–H and O–H groups in total. The molecule has 0 saturated carbocycles. The molecule has 102 valence electrons. The van der Waals surface area contributed by atoms with E-state index in [-0.39, 0.29) is 6.61 Å². The molecular formula is C13H23N3O2. The largest absolute Gasteiger partial charge is 0.394 e. The van der Waals surface area contributed by atoms with Crippen molar-refractivity contribution in [1.82, 2.24) is 9.97 Å². The zero-order valence-electron chi connectivity index (χ0n) is 11.3. The first-order valence-electron chi connectivity index (χ1n) is 6.56. The summed E-state index contributed by atoms with van der Waals surface area (Å²) in [5, 5.41) is 8.64. The molecule has 0 fully saturated rings. The molecule has 0 aliphatic rings. The minimum Gasteiger partial charge on any atom is -0.394 e. The fourth-order valence-electron chi connectivity index (χ4n) is 1.73. The van der Waals surface area contributed by atoms with E-state index in [1.807, 2.05) is 6.07 Å². The van der Waals surface area contributed by atoms with Crippen LogP contribution in [0.5, 0.6) is 0 Å². The molecule has 0 amide bonds. The first-order chi connectivity index (χ1) is 8.81. The summed E-state index contributed by atoms with van der Waals surface area (Å²) in [6.45, 7) is 6.95. The monoisotopic (exact) mass is 253 g/mol. The molecule has 0 bridgehead atoms. The Balaban J connectivity index is 2.54. The average molecular weight is 253 g/mol. The van der Waals surface area contributed by atoms with Crippen molar-refractivity contribution in [3.05, 3.63) is 18.1 Å². The molecule has 5 nitrogen and oxygen atoms in total. The molecule has 1 aromatic heterocycles. The molecule has 1 rings (SSSR count). The zero-order valence-corrected chi connectivity index (χ0v) is 11.3. The molecule has 1 aromatic rings. The van der Waals surface area contributed by atoms with E-state index in [4.69, 9.17) is 9.84 Å². The third-order valence-electron chi connectivity index (χ3n) is 2.66. The summed E-state index contributed by atoms with van der Waals surface area (Å²) in [7, 11) is 0. The molecule has 0 atom stereocenters. The van der Waals surface area contributed by atoms with Crippen LogP contribution in [0.2, 0.25) is 0 Å². The molecule has 5 heteroatoms. The summed E-state index contributed by atoms with van der Waals surface area (Å²) in [5.41, 5.74) is 1.08. The number of ether oxygens (including phenoxy) is 1. The smallest absolute Gasteiger partial charge is 0.132 e. The van der Waals surface area contributed by atoms with Crippen LogP contribution < -0.4 is 4.90 Å². The van der Waals surface area contributed by atoms with Crippen LogP contribution >= 0.6 is 0 Å². The van der Waals surface area contributed by atoms with Gasteiger partial charge in [0.15, 0.2) is 0 Å². The van der Waals surface area contributed by atoms with Crippen LogP contribution in [-0.4, -0.2) is 48.0 Å². The Morgan fingerprint density at radius 2 is 2.11 bits per heavy atom. The van der Waals surface area contributed by atoms with Crippen molar-refractivity contribution in [3.8, 4) is 0 Å². The maximum Gasteiger partial charge on any atom is 0.132 e. The summed E-state index contributed by atoms with van der Waals surface area (Å²) in [4.78, 5) is 10.7. The van der Waals surface area contributed by atoms with Gasteiger partial charge in [0, 0.05) is 24.8 Å². The average Bonchev–Trinajstić information content (AvgIpc) is 2.40. The van der Waals surface area contributed by atoms with Gasteiger partial charge in [-0.05, 0) is 13.3 Å². The highest BCUT2D eigenvalue weighted by molar-refractivity contribution is 5.38. The van der Waals surface area contributed by atoms with Crippen LogP contribution in [0.25, 0.3) is 0 Å². The number of aryl methyl sites for hydroxylation is 1. The van der Waals surface area contributed by atoms with E-state index in [2.05, 4.69) is 28.7 Å². The highest BCUT2D eigenvalue weighted by Crippen LogP contribution is 2.11. The van der Waals surface area contributed by atoms with Gasteiger partial charge in [0.25, 0.3) is 0 Å². The van der Waals surface area contributed by atoms with Gasteiger partial charge >= 0.3 is 0 Å². The van der Waals surface area contributed by atoms with Crippen molar-refractivity contribution in [1.29, 1.82) is 0 Å². The minimum absolute atomic E-state index is 0.0697. The van der Waals surface area contributed by atoms with Crippen molar-refractivity contribution in [3.63, 3.8) is 0 Å². The second kappa shape index (κ2) is 8.83. The minimum atomic E-state index is 0.0697. The van der Waals surface area contributed by atoms with E-state index in [1.165, 1.54) is 0 Å². The molecular weight excluding hydrogens is 230 g/mol. The van der Waals surface area contributed by atoms with Gasteiger partial charge in [-0.25, -0.2) is 9.97 Å². The van der Waals surface area contributed by atoms with E-state index in [0.717, 1.165) is 37.4 Å². The fourth-order valence-corrected chi connectivity index (χ4v) is 1.73. The zero-order chi connectivity index (χ0) is 13.2. The molecule has 0 aromatic carbocycles. The van der Waals surface area contributed by atoms with Crippen LogP contribution in [0.3, 0.4) is 0 Å². The van der Waals surface area contributed by atoms with E-state index in [1.54, 1.807) is 6.33 Å². The molecule has 0 radical (unpaired) electrons. The Hall–Kier alpha value is -1.20. The molecule has 0 unspecified atom stereocenters. The van der Waals surface area contributed by atoms with Crippen LogP contribution in [-0.2, 0) is 11.2 Å². The number of nitrogens with zero attached hydrogens (tertiary/aromatic N) is 3. The lowest BCUT2D eigenvalue weighted by molar-refractivity contribution is 0.0967. The lowest BCUT2D eigenvalue weighted by Gasteiger charge is -2.21. The van der Waals surface area contributed by atoms with Crippen molar-refractivity contribution in [2.75, 3.05) is 37.8 Å². The quantitative estimate of drug-likeness (QED) is 0.671. The van der Waals surface area contributed by atoms with E-state index in [0.29, 0.717) is 13.2 Å². The lowest BCUT2D eigenvalue weighted by Crippen LogP contribution is -2.28. The summed E-state index contributed by atoms with van der Waals surface area (Å²) >= 11 is 0. The topological polar surface area (TPSA) is 58.5 Å². The first kappa shape index (κ1) is 14.9. The predicted molar refractivity (Wildman–Crippen MR) is 71.8 cm³/mol. The Kier molecular flexibility index (Phi) is 7.29. The van der Waals surface area contributed by atoms with Crippen LogP contribution in [0, 0.1) is 0 Å². The van der Waals surface area contributed by atoms with Crippen LogP contribution in [0.1, 0.15) is 26.0 Å². The highest BCUT2D eigenvalue weighted by Gasteiger charge is 2.06. The SMILES string of the molecule is CCCc1cc(N(CC)CCOCCO)ncn1. The van der Waals surface area contributed by atoms with Crippen molar-refractivity contribution < 1.29 is 9.84 Å². The van der Waals surface area contributed by atoms with Gasteiger partial charge in [0.1, 0.15) is 12.1 Å². The predicted octanol–water partition coefficient (Wildman–Crippen LogP) is 1.26. The maximum atomic E-state index is 8.64. The number of aliphatic hydroxyl groups excluding tert-OH is 1. The van der Waals surface area contributed by atoms with Gasteiger partial charge in [-0.1, -0.05) is 13.3 Å². The van der Waals surface area contributed by atoms with Crippen molar-refractivity contribution in [2.24, 2.45) is 0 Å². The molecule has 0 spiro atoms. The summed E-state index contributed by atoms with van der Waals surface area (Å²) in [5.74, 6) is 0.948. The normalized spacial score (nSPS) is 10.6. The molecule has 0 saturated heterocycles. The van der Waals surface area contributed by atoms with Gasteiger partial charge in [-0.3, -0.25) is 0 Å². The van der Waals surface area contributed by atoms with Gasteiger partial charge in [-0.15, -0.1) is 0 Å². The Labute approximate surface area is 109 Å². The number of aromatic nitrogens is 2. The molecule has 0 aliphatic carbocycles. The van der Waals surface area contributed by atoms with Crippen LogP contribution in [0.15, 0.2) is 12.4 Å². The lowest BCUT2D eigenvalue weighted by atomic mass is 10.2. The summed E-state index contributed by atoms with van der Waals surface area (Å²) in [6.07, 6.45) is 3.69. The second-order valence-electron chi connectivity index (χ2n) is 4.03. The van der Waals surface area contributed by atoms with Gasteiger partial charge in [-0.2, -0.15) is 0 Å². The number of hydrogen-bond acceptors (Lipinski definition) is 5. The van der Waals surface area contributed by atoms with Gasteiger partial charge in [0.05, 0.1) is 19.8 Å². The standard InChI is InChI=1S/C13H23N3O2/c1-3-5-12-10-13(15-11-14-12)16(4-2)6-8-18-9-7-17/h10-11,17H,3-9H2,1-2H3. The fraction of sp³-hybridized carbons (Fsp3) is 0.692. The van der Waals surface area contributed by atoms with Crippen molar-refractivity contribution >= 4 is 5.82 Å². The molecule has 0 aliphatic heterocycles. The van der Waals surface area contributed by atoms with Crippen LogP contribution in [0.4, 0.5) is 5.82 Å². The van der Waals surface area contributed by atoms with E-state index in [9.17, 15) is 0 Å². The summed E-state index contributed by atoms with van der Waals surface area (Å²) in [6, 6.07) is 2.04. The van der Waals surface area contributed by atoms with Gasteiger partial charge < -0.3 is 14.7 Å². The number of aliphatic hydroxyl groups is 1. The van der Waals surface area contributed by atoms with E-state index < -0.39 is 0 Å². The third kappa shape index (κ3) is 4.98. The Morgan fingerprint density at radius 3 is 2.78 bits per heavy atom. The number of likely N-dealkylation sites (N-methyl/N-ethyl adjacent to an activating group) is 1. The highest BCUT2D eigenvalue weighted by atomic mass is 16.5. The number of anilines is 1. The maximum absolute atomic E-state index is 8.64. The second-order valence-corrected chi connectivity index (χ2v) is 4.03. The van der Waals surface area contributed by atoms with E-state index >= 15 is 0 Å². The van der Waals surface area contributed by atoms with Gasteiger partial charge in [0.2, 0.25) is 0 Å².